The standard InChI is InChI=1S/C14H17NO4S/c1-2-9-18-12-5-7-14(8-6-12)20(16,17)15-11-13-4-3-10-19-13/h3-8,10,15H,2,9,11H2,1H3. The molecule has 0 saturated carbocycles. The van der Waals surface area contributed by atoms with Gasteiger partial charge in [0, 0.05) is 0 Å². The number of nitrogens with one attached hydrogen (secondary N) is 1. The SMILES string of the molecule is CCCOc1ccc(S(=O)(=O)NCc2ccco2)cc1. The Balaban J connectivity index is 2.01. The summed E-state index contributed by atoms with van der Waals surface area (Å²) in [6.07, 6.45) is 2.41. The molecule has 0 radical (unpaired) electrons. The second-order valence-electron chi connectivity index (χ2n) is 4.22. The lowest BCUT2D eigenvalue weighted by Gasteiger charge is -2.07. The van der Waals surface area contributed by atoms with Crippen molar-refractivity contribution in [3.05, 3.63) is 48.4 Å². The monoisotopic (exact) mass is 295 g/mol. The molecule has 5 nitrogen and oxygen atoms in total. The highest BCUT2D eigenvalue weighted by atomic mass is 32.2. The van der Waals surface area contributed by atoms with Crippen molar-refractivity contribution in [2.75, 3.05) is 6.61 Å². The van der Waals surface area contributed by atoms with Crippen molar-refractivity contribution in [2.45, 2.75) is 24.8 Å². The molecule has 0 amide bonds. The topological polar surface area (TPSA) is 68.5 Å². The molecule has 1 aromatic heterocycles. The van der Waals surface area contributed by atoms with Crippen molar-refractivity contribution in [1.29, 1.82) is 0 Å². The van der Waals surface area contributed by atoms with Gasteiger partial charge in [-0.05, 0) is 42.8 Å². The Bertz CT molecular complexity index is 618. The molecule has 1 N–H and O–H groups in total. The van der Waals surface area contributed by atoms with Gasteiger partial charge in [0.2, 0.25) is 10.0 Å². The first kappa shape index (κ1) is 14.6. The number of sulfonamides is 1. The fourth-order valence-corrected chi connectivity index (χ4v) is 2.59. The van der Waals surface area contributed by atoms with E-state index >= 15 is 0 Å². The molecule has 0 bridgehead atoms. The number of hydrogen-bond donors (Lipinski definition) is 1. The maximum atomic E-state index is 12.1. The molecule has 108 valence electrons. The molecule has 1 aromatic carbocycles. The Morgan fingerprint density at radius 1 is 1.20 bits per heavy atom. The van der Waals surface area contributed by atoms with E-state index in [9.17, 15) is 8.42 Å². The third-order valence-electron chi connectivity index (χ3n) is 2.62. The normalized spacial score (nSPS) is 11.4. The smallest absolute Gasteiger partial charge is 0.240 e. The van der Waals surface area contributed by atoms with Crippen molar-refractivity contribution >= 4 is 10.0 Å². The molecule has 2 rings (SSSR count). The first-order valence-electron chi connectivity index (χ1n) is 6.37. The zero-order valence-corrected chi connectivity index (χ0v) is 12.0. The summed E-state index contributed by atoms with van der Waals surface area (Å²) in [6, 6.07) is 9.77. The van der Waals surface area contributed by atoms with Crippen LogP contribution in [-0.4, -0.2) is 15.0 Å². The lowest BCUT2D eigenvalue weighted by Crippen LogP contribution is -2.22. The number of ether oxygens (including phenoxy) is 1. The van der Waals surface area contributed by atoms with Crippen LogP contribution >= 0.6 is 0 Å². The van der Waals surface area contributed by atoms with Gasteiger partial charge in [-0.2, -0.15) is 0 Å². The summed E-state index contributed by atoms with van der Waals surface area (Å²) in [6.45, 7) is 2.75. The second kappa shape index (κ2) is 6.58. The summed E-state index contributed by atoms with van der Waals surface area (Å²) >= 11 is 0. The lowest BCUT2D eigenvalue weighted by atomic mass is 10.3. The van der Waals surface area contributed by atoms with Gasteiger partial charge in [-0.1, -0.05) is 6.92 Å². The molecular formula is C14H17NO4S. The zero-order chi connectivity index (χ0) is 14.4. The maximum absolute atomic E-state index is 12.1. The van der Waals surface area contributed by atoms with Crippen LogP contribution in [0.5, 0.6) is 5.75 Å². The molecule has 0 aliphatic carbocycles. The van der Waals surface area contributed by atoms with Gasteiger partial charge in [0.1, 0.15) is 11.5 Å². The summed E-state index contributed by atoms with van der Waals surface area (Å²) in [4.78, 5) is 0.202. The lowest BCUT2D eigenvalue weighted by molar-refractivity contribution is 0.317. The van der Waals surface area contributed by atoms with Crippen LogP contribution < -0.4 is 9.46 Å². The van der Waals surface area contributed by atoms with E-state index in [1.165, 1.54) is 18.4 Å². The van der Waals surface area contributed by atoms with Crippen molar-refractivity contribution in [3.63, 3.8) is 0 Å². The summed E-state index contributed by atoms with van der Waals surface area (Å²) in [7, 11) is -3.54. The van der Waals surface area contributed by atoms with Gasteiger partial charge >= 0.3 is 0 Å². The molecule has 0 saturated heterocycles. The van der Waals surface area contributed by atoms with Gasteiger partial charge < -0.3 is 9.15 Å². The molecule has 0 spiro atoms. The largest absolute Gasteiger partial charge is 0.494 e. The zero-order valence-electron chi connectivity index (χ0n) is 11.2. The van der Waals surface area contributed by atoms with E-state index in [0.29, 0.717) is 18.1 Å². The third-order valence-corrected chi connectivity index (χ3v) is 4.04. The van der Waals surface area contributed by atoms with E-state index in [-0.39, 0.29) is 11.4 Å². The Kier molecular flexibility index (Phi) is 4.81. The Labute approximate surface area is 118 Å². The predicted octanol–water partition coefficient (Wildman–Crippen LogP) is 2.55. The van der Waals surface area contributed by atoms with Crippen LogP contribution in [0, 0.1) is 0 Å². The number of rotatable bonds is 7. The van der Waals surface area contributed by atoms with Crippen LogP contribution in [0.3, 0.4) is 0 Å². The Morgan fingerprint density at radius 2 is 1.95 bits per heavy atom. The molecule has 0 aliphatic rings. The van der Waals surface area contributed by atoms with Crippen molar-refractivity contribution in [1.82, 2.24) is 4.72 Å². The Hall–Kier alpha value is -1.79. The fourth-order valence-electron chi connectivity index (χ4n) is 1.60. The average molecular weight is 295 g/mol. The minimum atomic E-state index is -3.54. The van der Waals surface area contributed by atoms with Crippen LogP contribution in [0.2, 0.25) is 0 Å². The van der Waals surface area contributed by atoms with Crippen molar-refractivity contribution in [2.24, 2.45) is 0 Å². The first-order chi connectivity index (χ1) is 9.62. The van der Waals surface area contributed by atoms with Gasteiger partial charge in [-0.25, -0.2) is 13.1 Å². The van der Waals surface area contributed by atoms with E-state index in [1.54, 1.807) is 24.3 Å². The molecule has 0 aliphatic heterocycles. The van der Waals surface area contributed by atoms with Crippen LogP contribution in [0.1, 0.15) is 19.1 Å². The first-order valence-corrected chi connectivity index (χ1v) is 7.85. The average Bonchev–Trinajstić information content (AvgIpc) is 2.97. The predicted molar refractivity (Wildman–Crippen MR) is 75.0 cm³/mol. The van der Waals surface area contributed by atoms with Crippen LogP contribution in [0.25, 0.3) is 0 Å². The van der Waals surface area contributed by atoms with Crippen LogP contribution in [0.4, 0.5) is 0 Å². The molecular weight excluding hydrogens is 278 g/mol. The van der Waals surface area contributed by atoms with E-state index in [0.717, 1.165) is 6.42 Å². The number of benzene rings is 1. The highest BCUT2D eigenvalue weighted by Crippen LogP contribution is 2.16. The van der Waals surface area contributed by atoms with Crippen LogP contribution in [-0.2, 0) is 16.6 Å². The third kappa shape index (κ3) is 3.85. The Morgan fingerprint density at radius 3 is 2.55 bits per heavy atom. The number of furan rings is 1. The second-order valence-corrected chi connectivity index (χ2v) is 5.99. The quantitative estimate of drug-likeness (QED) is 0.852. The highest BCUT2D eigenvalue weighted by Gasteiger charge is 2.14. The van der Waals surface area contributed by atoms with E-state index in [2.05, 4.69) is 4.72 Å². The van der Waals surface area contributed by atoms with Crippen molar-refractivity contribution < 1.29 is 17.6 Å². The molecule has 6 heteroatoms. The summed E-state index contributed by atoms with van der Waals surface area (Å²) in [5.74, 6) is 1.23. The number of hydrogen-bond acceptors (Lipinski definition) is 4. The van der Waals surface area contributed by atoms with Crippen LogP contribution in [0.15, 0.2) is 52.0 Å². The van der Waals surface area contributed by atoms with Gasteiger partial charge in [0.25, 0.3) is 0 Å². The molecule has 0 atom stereocenters. The summed E-state index contributed by atoms with van der Waals surface area (Å²) in [5, 5.41) is 0. The van der Waals surface area contributed by atoms with E-state index < -0.39 is 10.0 Å². The maximum Gasteiger partial charge on any atom is 0.240 e. The fraction of sp³-hybridized carbons (Fsp3) is 0.286. The summed E-state index contributed by atoms with van der Waals surface area (Å²) < 4.78 is 37.1. The minimum Gasteiger partial charge on any atom is -0.494 e. The van der Waals surface area contributed by atoms with E-state index in [4.69, 9.17) is 9.15 Å². The highest BCUT2D eigenvalue weighted by molar-refractivity contribution is 7.89. The molecule has 0 unspecified atom stereocenters. The minimum absolute atomic E-state index is 0.128. The van der Waals surface area contributed by atoms with Gasteiger partial charge in [0.15, 0.2) is 0 Å². The molecule has 0 fully saturated rings. The van der Waals surface area contributed by atoms with Gasteiger partial charge in [-0.3, -0.25) is 0 Å². The van der Waals surface area contributed by atoms with E-state index in [1.807, 2.05) is 6.92 Å². The molecule has 1 heterocycles. The van der Waals surface area contributed by atoms with Gasteiger partial charge in [-0.15, -0.1) is 0 Å². The molecule has 2 aromatic rings. The van der Waals surface area contributed by atoms with Gasteiger partial charge in [0.05, 0.1) is 24.3 Å². The molecule has 20 heavy (non-hydrogen) atoms. The summed E-state index contributed by atoms with van der Waals surface area (Å²) in [5.41, 5.74) is 0. The van der Waals surface area contributed by atoms with Crippen molar-refractivity contribution in [3.8, 4) is 5.75 Å².